The van der Waals surface area contributed by atoms with E-state index in [-0.39, 0.29) is 17.3 Å². The third-order valence-electron chi connectivity index (χ3n) is 2.85. The Bertz CT molecular complexity index is 793. The molecule has 0 aliphatic carbocycles. The van der Waals surface area contributed by atoms with E-state index in [4.69, 9.17) is 17.3 Å². The van der Waals surface area contributed by atoms with Gasteiger partial charge in [0.05, 0.1) is 5.56 Å². The molecule has 2 N–H and O–H groups in total. The number of nitrogens with zero attached hydrogens (tertiary/aromatic N) is 3. The molecule has 3 aromatic rings. The standard InChI is InChI=1S/C15H10ClFN4/c16-10-6-7-12(17)11(8-10)14-19-13(20-15(18)21-14)9-4-2-1-3-5-9/h1-8H,(H2,18,19,20,21). The van der Waals surface area contributed by atoms with Crippen molar-refractivity contribution in [3.63, 3.8) is 0 Å². The first-order chi connectivity index (χ1) is 10.1. The maximum Gasteiger partial charge on any atom is 0.224 e. The summed E-state index contributed by atoms with van der Waals surface area (Å²) in [5, 5.41) is 0.395. The van der Waals surface area contributed by atoms with E-state index in [1.165, 1.54) is 18.2 Å². The topological polar surface area (TPSA) is 64.7 Å². The predicted octanol–water partition coefficient (Wildman–Crippen LogP) is 3.58. The van der Waals surface area contributed by atoms with E-state index in [1.807, 2.05) is 30.3 Å². The molecule has 1 heterocycles. The third-order valence-corrected chi connectivity index (χ3v) is 3.09. The van der Waals surface area contributed by atoms with Crippen LogP contribution < -0.4 is 5.73 Å². The Morgan fingerprint density at radius 2 is 1.62 bits per heavy atom. The van der Waals surface area contributed by atoms with Crippen LogP contribution in [0, 0.1) is 5.82 Å². The van der Waals surface area contributed by atoms with Crippen molar-refractivity contribution >= 4 is 17.5 Å². The minimum atomic E-state index is -0.469. The van der Waals surface area contributed by atoms with Gasteiger partial charge in [0.25, 0.3) is 0 Å². The molecule has 104 valence electrons. The smallest absolute Gasteiger partial charge is 0.224 e. The summed E-state index contributed by atoms with van der Waals surface area (Å²) in [7, 11) is 0. The SMILES string of the molecule is Nc1nc(-c2ccccc2)nc(-c2cc(Cl)ccc2F)n1. The molecular formula is C15H10ClFN4. The zero-order chi connectivity index (χ0) is 14.8. The van der Waals surface area contributed by atoms with E-state index in [9.17, 15) is 4.39 Å². The number of hydrogen-bond donors (Lipinski definition) is 1. The lowest BCUT2D eigenvalue weighted by Gasteiger charge is -2.06. The molecule has 0 spiro atoms. The molecule has 0 atom stereocenters. The van der Waals surface area contributed by atoms with E-state index in [2.05, 4.69) is 15.0 Å². The van der Waals surface area contributed by atoms with Crippen LogP contribution in [0.15, 0.2) is 48.5 Å². The average molecular weight is 301 g/mol. The molecule has 0 unspecified atom stereocenters. The van der Waals surface area contributed by atoms with E-state index in [0.29, 0.717) is 10.8 Å². The van der Waals surface area contributed by atoms with Gasteiger partial charge in [-0.05, 0) is 18.2 Å². The normalized spacial score (nSPS) is 10.6. The van der Waals surface area contributed by atoms with Gasteiger partial charge in [0.2, 0.25) is 5.95 Å². The van der Waals surface area contributed by atoms with Crippen molar-refractivity contribution in [3.8, 4) is 22.8 Å². The molecule has 0 radical (unpaired) electrons. The Labute approximate surface area is 125 Å². The lowest BCUT2D eigenvalue weighted by atomic mass is 10.2. The molecule has 0 fully saturated rings. The zero-order valence-electron chi connectivity index (χ0n) is 10.8. The second kappa shape index (κ2) is 5.46. The Balaban J connectivity index is 2.16. The molecule has 0 amide bonds. The van der Waals surface area contributed by atoms with E-state index >= 15 is 0 Å². The van der Waals surface area contributed by atoms with Gasteiger partial charge in [-0.3, -0.25) is 0 Å². The summed E-state index contributed by atoms with van der Waals surface area (Å²) in [5.74, 6) is 0.0982. The average Bonchev–Trinajstić information content (AvgIpc) is 2.50. The number of benzene rings is 2. The number of hydrogen-bond acceptors (Lipinski definition) is 4. The molecule has 3 rings (SSSR count). The van der Waals surface area contributed by atoms with Crippen LogP contribution >= 0.6 is 11.6 Å². The lowest BCUT2D eigenvalue weighted by molar-refractivity contribution is 0.630. The van der Waals surface area contributed by atoms with Crippen LogP contribution in [0.25, 0.3) is 22.8 Å². The van der Waals surface area contributed by atoms with Gasteiger partial charge in [0.15, 0.2) is 11.6 Å². The van der Waals surface area contributed by atoms with Crippen molar-refractivity contribution in [2.45, 2.75) is 0 Å². The largest absolute Gasteiger partial charge is 0.368 e. The Hall–Kier alpha value is -2.53. The quantitative estimate of drug-likeness (QED) is 0.785. The number of aromatic nitrogens is 3. The van der Waals surface area contributed by atoms with E-state index in [0.717, 1.165) is 5.56 Å². The highest BCUT2D eigenvalue weighted by Crippen LogP contribution is 2.25. The first-order valence-corrected chi connectivity index (χ1v) is 6.53. The molecule has 6 heteroatoms. The van der Waals surface area contributed by atoms with Gasteiger partial charge in [-0.1, -0.05) is 41.9 Å². The van der Waals surface area contributed by atoms with Crippen molar-refractivity contribution in [2.24, 2.45) is 0 Å². The molecule has 0 bridgehead atoms. The molecule has 0 saturated heterocycles. The molecule has 2 aromatic carbocycles. The fraction of sp³-hybridized carbons (Fsp3) is 0. The first-order valence-electron chi connectivity index (χ1n) is 6.16. The molecule has 21 heavy (non-hydrogen) atoms. The number of nitrogen functional groups attached to an aromatic ring is 1. The molecule has 0 aliphatic heterocycles. The summed E-state index contributed by atoms with van der Waals surface area (Å²) < 4.78 is 13.9. The monoisotopic (exact) mass is 300 g/mol. The van der Waals surface area contributed by atoms with Crippen LogP contribution in [-0.4, -0.2) is 15.0 Å². The zero-order valence-corrected chi connectivity index (χ0v) is 11.5. The van der Waals surface area contributed by atoms with Crippen LogP contribution in [0.1, 0.15) is 0 Å². The first kappa shape index (κ1) is 13.5. The van der Waals surface area contributed by atoms with Gasteiger partial charge in [-0.2, -0.15) is 9.97 Å². The van der Waals surface area contributed by atoms with Crippen LogP contribution in [0.5, 0.6) is 0 Å². The molecule has 0 saturated carbocycles. The van der Waals surface area contributed by atoms with Crippen molar-refractivity contribution < 1.29 is 4.39 Å². The number of anilines is 1. The van der Waals surface area contributed by atoms with Gasteiger partial charge in [-0.15, -0.1) is 0 Å². The number of nitrogens with two attached hydrogens (primary N) is 1. The van der Waals surface area contributed by atoms with Crippen molar-refractivity contribution in [3.05, 3.63) is 59.4 Å². The minimum Gasteiger partial charge on any atom is -0.368 e. The maximum absolute atomic E-state index is 13.9. The summed E-state index contributed by atoms with van der Waals surface area (Å²) in [6.07, 6.45) is 0. The van der Waals surface area contributed by atoms with Crippen LogP contribution in [0.4, 0.5) is 10.3 Å². The second-order valence-electron chi connectivity index (χ2n) is 4.33. The van der Waals surface area contributed by atoms with Crippen molar-refractivity contribution in [1.82, 2.24) is 15.0 Å². The van der Waals surface area contributed by atoms with Crippen LogP contribution in [0.3, 0.4) is 0 Å². The maximum atomic E-state index is 13.9. The summed E-state index contributed by atoms with van der Waals surface area (Å²) >= 11 is 5.89. The Morgan fingerprint density at radius 1 is 0.905 bits per heavy atom. The minimum absolute atomic E-state index is 0.0261. The lowest BCUT2D eigenvalue weighted by Crippen LogP contribution is -2.03. The number of rotatable bonds is 2. The fourth-order valence-electron chi connectivity index (χ4n) is 1.90. The van der Waals surface area contributed by atoms with Gasteiger partial charge in [-0.25, -0.2) is 9.37 Å². The van der Waals surface area contributed by atoms with Gasteiger partial charge in [0.1, 0.15) is 5.82 Å². The van der Waals surface area contributed by atoms with Crippen molar-refractivity contribution in [1.29, 1.82) is 0 Å². The summed E-state index contributed by atoms with van der Waals surface area (Å²) in [6, 6.07) is 13.5. The summed E-state index contributed by atoms with van der Waals surface area (Å²) in [4.78, 5) is 12.3. The fourth-order valence-corrected chi connectivity index (χ4v) is 2.07. The molecular weight excluding hydrogens is 291 g/mol. The Kier molecular flexibility index (Phi) is 3.50. The van der Waals surface area contributed by atoms with Gasteiger partial charge >= 0.3 is 0 Å². The highest BCUT2D eigenvalue weighted by molar-refractivity contribution is 6.30. The van der Waals surface area contributed by atoms with Gasteiger partial charge in [0, 0.05) is 10.6 Å². The van der Waals surface area contributed by atoms with E-state index in [1.54, 1.807) is 0 Å². The summed E-state index contributed by atoms with van der Waals surface area (Å²) in [5.41, 5.74) is 6.67. The predicted molar refractivity (Wildman–Crippen MR) is 80.1 cm³/mol. The molecule has 1 aromatic heterocycles. The molecule has 0 aliphatic rings. The van der Waals surface area contributed by atoms with E-state index < -0.39 is 5.82 Å². The van der Waals surface area contributed by atoms with Crippen LogP contribution in [0.2, 0.25) is 5.02 Å². The third kappa shape index (κ3) is 2.83. The Morgan fingerprint density at radius 3 is 2.38 bits per heavy atom. The van der Waals surface area contributed by atoms with Crippen molar-refractivity contribution in [2.75, 3.05) is 5.73 Å². The highest BCUT2D eigenvalue weighted by atomic mass is 35.5. The second-order valence-corrected chi connectivity index (χ2v) is 4.77. The summed E-state index contributed by atoms with van der Waals surface area (Å²) in [6.45, 7) is 0. The highest BCUT2D eigenvalue weighted by Gasteiger charge is 2.12. The molecule has 4 nitrogen and oxygen atoms in total. The van der Waals surface area contributed by atoms with Crippen LogP contribution in [-0.2, 0) is 0 Å². The number of halogens is 2. The van der Waals surface area contributed by atoms with Gasteiger partial charge < -0.3 is 5.73 Å².